The number of alkyl halides is 1. The SMILES string of the molecule is [2H]C([2H])([2H])OC(C)C12CCC(CN(c3nc(OC[C@@]45CCCN4C[C@H](F)C5)nc4c(F)c(-c5cc(OCOC)cc6ccc(F)c(C#C[Si](C(C)C)(C(C)C)C(C)C)c56)ncc34)C1C(C)(C)C)N2C(=O)O. The van der Waals surface area contributed by atoms with Crippen molar-refractivity contribution in [2.45, 2.75) is 153 Å². The third kappa shape index (κ3) is 8.16. The van der Waals surface area contributed by atoms with Crippen molar-refractivity contribution in [1.29, 1.82) is 0 Å². The molecular formula is C52H69F3N6O6Si. The molecule has 6 heterocycles. The predicted molar refractivity (Wildman–Crippen MR) is 262 cm³/mol. The lowest BCUT2D eigenvalue weighted by Gasteiger charge is -2.59. The molecule has 6 atom stereocenters. The minimum absolute atomic E-state index is 0.0300. The van der Waals surface area contributed by atoms with Crippen LogP contribution >= 0.6 is 0 Å². The van der Waals surface area contributed by atoms with Crippen LogP contribution in [-0.4, -0.2) is 127 Å². The smallest absolute Gasteiger partial charge is 0.408 e. The fourth-order valence-electron chi connectivity index (χ4n) is 13.2. The van der Waals surface area contributed by atoms with E-state index in [-0.39, 0.29) is 95.5 Å². The number of nitrogens with zero attached hydrogens (tertiary/aromatic N) is 6. The lowest BCUT2D eigenvalue weighted by molar-refractivity contribution is -0.0727. The highest BCUT2D eigenvalue weighted by Crippen LogP contribution is 2.53. The lowest BCUT2D eigenvalue weighted by atomic mass is 9.68. The van der Waals surface area contributed by atoms with Gasteiger partial charge < -0.3 is 29.0 Å². The van der Waals surface area contributed by atoms with Crippen LogP contribution in [0.4, 0.5) is 23.8 Å². The van der Waals surface area contributed by atoms with Crippen LogP contribution in [0.3, 0.4) is 0 Å². The Hall–Kier alpha value is -4.69. The molecule has 4 fully saturated rings. The summed E-state index contributed by atoms with van der Waals surface area (Å²) in [6.45, 7) is 21.4. The number of ether oxygens (including phenoxy) is 4. The van der Waals surface area contributed by atoms with Gasteiger partial charge in [0, 0.05) is 50.8 Å². The lowest BCUT2D eigenvalue weighted by Crippen LogP contribution is -2.75. The Labute approximate surface area is 404 Å². The van der Waals surface area contributed by atoms with E-state index in [9.17, 15) is 9.90 Å². The number of carbonyl (C=O) groups is 1. The zero-order chi connectivity index (χ0) is 51.7. The number of methoxy groups -OCH3 is 2. The van der Waals surface area contributed by atoms with Gasteiger partial charge in [0.15, 0.2) is 12.6 Å². The van der Waals surface area contributed by atoms with Crippen molar-refractivity contribution < 1.29 is 46.1 Å². The monoisotopic (exact) mass is 962 g/mol. The Bertz CT molecular complexity index is 2730. The molecule has 0 spiro atoms. The first-order valence-corrected chi connectivity index (χ1v) is 26.3. The molecule has 16 heteroatoms. The van der Waals surface area contributed by atoms with Crippen molar-refractivity contribution in [3.63, 3.8) is 0 Å². The van der Waals surface area contributed by atoms with Gasteiger partial charge in [0.25, 0.3) is 0 Å². The zero-order valence-electron chi connectivity index (χ0n) is 44.3. The van der Waals surface area contributed by atoms with Crippen LogP contribution in [0.5, 0.6) is 11.8 Å². The van der Waals surface area contributed by atoms with Gasteiger partial charge in [0.1, 0.15) is 49.4 Å². The third-order valence-corrected chi connectivity index (χ3v) is 22.1. The van der Waals surface area contributed by atoms with Crippen molar-refractivity contribution in [1.82, 2.24) is 24.8 Å². The molecule has 1 N–H and O–H groups in total. The number of aromatic nitrogens is 3. The highest BCUT2D eigenvalue weighted by atomic mass is 28.3. The van der Waals surface area contributed by atoms with Gasteiger partial charge in [0.05, 0.1) is 44.3 Å². The number of anilines is 1. The van der Waals surface area contributed by atoms with Crippen LogP contribution in [0.2, 0.25) is 16.6 Å². The van der Waals surface area contributed by atoms with E-state index >= 15 is 13.2 Å². The van der Waals surface area contributed by atoms with Crippen LogP contribution in [-0.2, 0) is 9.47 Å². The highest BCUT2D eigenvalue weighted by molar-refractivity contribution is 6.90. The molecule has 68 heavy (non-hydrogen) atoms. The molecule has 2 aromatic carbocycles. The minimum Gasteiger partial charge on any atom is -0.468 e. The Balaban J connectivity index is 1.39. The van der Waals surface area contributed by atoms with E-state index in [2.05, 4.69) is 57.9 Å². The maximum absolute atomic E-state index is 18.3. The van der Waals surface area contributed by atoms with Crippen molar-refractivity contribution in [3.8, 4) is 34.5 Å². The zero-order valence-corrected chi connectivity index (χ0v) is 42.3. The van der Waals surface area contributed by atoms with E-state index in [1.54, 1.807) is 25.1 Å². The molecule has 0 radical (unpaired) electrons. The van der Waals surface area contributed by atoms with Crippen molar-refractivity contribution in [2.24, 2.45) is 5.41 Å². The van der Waals surface area contributed by atoms with E-state index in [0.29, 0.717) is 35.9 Å². The summed E-state index contributed by atoms with van der Waals surface area (Å²) >= 11 is 0. The molecular weight excluding hydrogens is 890 g/mol. The summed E-state index contributed by atoms with van der Waals surface area (Å²) < 4.78 is 97.7. The van der Waals surface area contributed by atoms with Crippen LogP contribution in [0.25, 0.3) is 32.9 Å². The molecule has 4 aliphatic rings. The highest BCUT2D eigenvalue weighted by Gasteiger charge is 2.65. The van der Waals surface area contributed by atoms with E-state index in [4.69, 9.17) is 38.0 Å². The predicted octanol–water partition coefficient (Wildman–Crippen LogP) is 10.8. The number of carboxylic acid groups (broad SMARTS) is 1. The standard InChI is InChI=1S/C52H69F3N6O6Si/c1-30(2)68(31(3)4,32(5)6)21-17-38-41(54)15-14-34-22-37(67-29-64-11)23-39(42(34)38)44-43(55)45-40(25-56-44)46(58-48(57-45)66-28-51-18-13-20-59(51)26-35(53)24-51)60-27-36-16-19-52(33(7)65-12,61(36)49(62)63)47(60)50(8,9)10/h14-15,22-23,25,30-33,35-36,47H,13,16,18-20,24,26-29H2,1-12H3,(H,62,63)/t33?,35-,36?,47?,51+,52?/m1/s1/i12D3. The van der Waals surface area contributed by atoms with Crippen molar-refractivity contribution in [3.05, 3.63) is 47.7 Å². The maximum atomic E-state index is 18.3. The summed E-state index contributed by atoms with van der Waals surface area (Å²) in [6.07, 6.45) is 0.543. The summed E-state index contributed by atoms with van der Waals surface area (Å²) in [5, 5.41) is 11.9. The van der Waals surface area contributed by atoms with Crippen molar-refractivity contribution in [2.75, 3.05) is 52.1 Å². The molecule has 368 valence electrons. The van der Waals surface area contributed by atoms with Crippen LogP contribution in [0, 0.1) is 28.5 Å². The van der Waals surface area contributed by atoms with E-state index in [1.807, 2.05) is 25.7 Å². The molecule has 12 nitrogen and oxygen atoms in total. The second kappa shape index (κ2) is 18.6. The number of piperazine rings is 1. The molecule has 0 saturated carbocycles. The van der Waals surface area contributed by atoms with Gasteiger partial charge in [-0.2, -0.15) is 9.97 Å². The first kappa shape index (κ1) is 45.7. The van der Waals surface area contributed by atoms with E-state index in [0.717, 1.165) is 6.42 Å². The number of benzene rings is 2. The third-order valence-electron chi connectivity index (χ3n) is 15.8. The van der Waals surface area contributed by atoms with E-state index in [1.165, 1.54) is 24.3 Å². The van der Waals surface area contributed by atoms with Crippen LogP contribution < -0.4 is 14.4 Å². The van der Waals surface area contributed by atoms with Gasteiger partial charge in [-0.3, -0.25) is 14.8 Å². The first-order valence-electron chi connectivity index (χ1n) is 25.6. The molecule has 2 bridgehead atoms. The topological polar surface area (TPSA) is 123 Å². The molecule has 4 aromatic rings. The minimum atomic E-state index is -2.85. The molecule has 8 rings (SSSR count). The molecule has 2 aromatic heterocycles. The largest absolute Gasteiger partial charge is 0.468 e. The molecule has 0 aliphatic carbocycles. The van der Waals surface area contributed by atoms with Gasteiger partial charge in [-0.25, -0.2) is 18.0 Å². The Morgan fingerprint density at radius 2 is 1.78 bits per heavy atom. The fraction of sp³-hybridized carbons (Fsp3) is 0.615. The van der Waals surface area contributed by atoms with Crippen LogP contribution in [0.1, 0.15) is 111 Å². The van der Waals surface area contributed by atoms with Gasteiger partial charge in [-0.15, -0.1) is 5.54 Å². The molecule has 4 aliphatic heterocycles. The number of hydrogen-bond acceptors (Lipinski definition) is 10. The summed E-state index contributed by atoms with van der Waals surface area (Å²) in [5.74, 6) is 2.37. The summed E-state index contributed by atoms with van der Waals surface area (Å²) in [5.41, 5.74) is 1.53. The Morgan fingerprint density at radius 1 is 1.04 bits per heavy atom. The number of hydrogen-bond donors (Lipinski definition) is 1. The number of pyridine rings is 1. The van der Waals surface area contributed by atoms with Gasteiger partial charge in [-0.05, 0) is 84.8 Å². The van der Waals surface area contributed by atoms with Crippen molar-refractivity contribution >= 4 is 41.7 Å². The number of rotatable bonds is 13. The summed E-state index contributed by atoms with van der Waals surface area (Å²) in [7, 11) is -3.78. The Morgan fingerprint density at radius 3 is 2.44 bits per heavy atom. The fourth-order valence-corrected chi connectivity index (χ4v) is 18.4. The number of amides is 1. The summed E-state index contributed by atoms with van der Waals surface area (Å²) in [6, 6.07) is 4.65. The number of halogens is 3. The van der Waals surface area contributed by atoms with Crippen LogP contribution in [0.15, 0.2) is 30.5 Å². The van der Waals surface area contributed by atoms with Gasteiger partial charge in [0.2, 0.25) is 0 Å². The molecule has 4 saturated heterocycles. The van der Waals surface area contributed by atoms with E-state index < -0.39 is 73.7 Å². The molecule has 4 unspecified atom stereocenters. The normalized spacial score (nSPS) is 25.5. The van der Waals surface area contributed by atoms with Gasteiger partial charge >= 0.3 is 12.1 Å². The summed E-state index contributed by atoms with van der Waals surface area (Å²) in [4.78, 5) is 33.3. The molecule has 1 amide bonds. The second-order valence-electron chi connectivity index (χ2n) is 21.6. The van der Waals surface area contributed by atoms with Gasteiger partial charge in [-0.1, -0.05) is 74.3 Å². The quantitative estimate of drug-likeness (QED) is 0.0783. The first-order chi connectivity index (χ1) is 33.3. The average molecular weight is 962 g/mol. The second-order valence-corrected chi connectivity index (χ2v) is 27.2. The number of fused-ring (bicyclic) bond motifs is 5. The maximum Gasteiger partial charge on any atom is 0.408 e. The Kier molecular flexibility index (Phi) is 12.5. The average Bonchev–Trinajstić information content (AvgIpc) is 3.90.